The number of primary amides is 2. The molecule has 1 rings (SSSR count). The van der Waals surface area contributed by atoms with E-state index in [-0.39, 0.29) is 16.1 Å². The van der Waals surface area contributed by atoms with Crippen LogP contribution in [0.25, 0.3) is 0 Å². The first kappa shape index (κ1) is 15.9. The van der Waals surface area contributed by atoms with E-state index in [0.29, 0.717) is 0 Å². The normalized spacial score (nSPS) is 12.1. The summed E-state index contributed by atoms with van der Waals surface area (Å²) in [7, 11) is -4.06. The summed E-state index contributed by atoms with van der Waals surface area (Å²) in [4.78, 5) is 21.9. The summed E-state index contributed by atoms with van der Waals surface area (Å²) in [5, 5.41) is 0. The standard InChI is InChI=1S/C11H16N4O4S/c1-11(2,10(14)17)15-20(18,19)8-4-3-6(9(13)16)5-7(8)12/h3-5,15H,12H2,1-2H3,(H2,13,16)(H2,14,17). The number of benzene rings is 1. The molecule has 0 radical (unpaired) electrons. The smallest absolute Gasteiger partial charge is 0.248 e. The predicted octanol–water partition coefficient (Wildman–Crippen LogP) is -1.09. The summed E-state index contributed by atoms with van der Waals surface area (Å²) in [5.74, 6) is -1.57. The lowest BCUT2D eigenvalue weighted by Crippen LogP contribution is -2.52. The second-order valence-corrected chi connectivity index (χ2v) is 6.36. The number of nitrogen functional groups attached to an aromatic ring is 1. The number of hydrogen-bond acceptors (Lipinski definition) is 5. The van der Waals surface area contributed by atoms with Crippen molar-refractivity contribution in [1.29, 1.82) is 0 Å². The van der Waals surface area contributed by atoms with E-state index in [0.717, 1.165) is 12.1 Å². The van der Waals surface area contributed by atoms with E-state index in [1.807, 2.05) is 0 Å². The first-order valence-electron chi connectivity index (χ1n) is 5.50. The molecule has 110 valence electrons. The van der Waals surface area contributed by atoms with Gasteiger partial charge < -0.3 is 17.2 Å². The van der Waals surface area contributed by atoms with Gasteiger partial charge in [-0.3, -0.25) is 9.59 Å². The minimum absolute atomic E-state index is 0.0793. The zero-order chi connectivity index (χ0) is 15.7. The molecule has 0 aromatic heterocycles. The van der Waals surface area contributed by atoms with Crippen LogP contribution in [0, 0.1) is 0 Å². The van der Waals surface area contributed by atoms with Crippen molar-refractivity contribution in [3.8, 4) is 0 Å². The van der Waals surface area contributed by atoms with Gasteiger partial charge in [0.15, 0.2) is 0 Å². The Balaban J connectivity index is 3.24. The third kappa shape index (κ3) is 3.25. The maximum Gasteiger partial charge on any atom is 0.248 e. The van der Waals surface area contributed by atoms with Gasteiger partial charge in [-0.1, -0.05) is 0 Å². The maximum absolute atomic E-state index is 12.1. The molecule has 0 unspecified atom stereocenters. The highest BCUT2D eigenvalue weighted by atomic mass is 32.2. The van der Waals surface area contributed by atoms with Crippen LogP contribution in [-0.2, 0) is 14.8 Å². The predicted molar refractivity (Wildman–Crippen MR) is 73.0 cm³/mol. The van der Waals surface area contributed by atoms with E-state index in [4.69, 9.17) is 17.2 Å². The van der Waals surface area contributed by atoms with Gasteiger partial charge in [-0.25, -0.2) is 8.42 Å². The number of hydrogen-bond donors (Lipinski definition) is 4. The van der Waals surface area contributed by atoms with Crippen LogP contribution in [0.5, 0.6) is 0 Å². The Morgan fingerprint density at radius 1 is 1.20 bits per heavy atom. The zero-order valence-electron chi connectivity index (χ0n) is 11.0. The maximum atomic E-state index is 12.1. The Morgan fingerprint density at radius 2 is 1.75 bits per heavy atom. The third-order valence-corrected chi connectivity index (χ3v) is 4.32. The molecule has 0 aliphatic heterocycles. The molecule has 2 amide bonds. The molecule has 20 heavy (non-hydrogen) atoms. The van der Waals surface area contributed by atoms with Crippen molar-refractivity contribution in [2.24, 2.45) is 11.5 Å². The molecule has 0 aliphatic rings. The summed E-state index contributed by atoms with van der Waals surface area (Å²) < 4.78 is 26.4. The van der Waals surface area contributed by atoms with Crippen LogP contribution in [-0.4, -0.2) is 25.8 Å². The quantitative estimate of drug-likeness (QED) is 0.508. The van der Waals surface area contributed by atoms with E-state index < -0.39 is 27.4 Å². The van der Waals surface area contributed by atoms with Gasteiger partial charge in [0.05, 0.1) is 5.69 Å². The van der Waals surface area contributed by atoms with Crippen molar-refractivity contribution in [2.75, 3.05) is 5.73 Å². The molecular weight excluding hydrogens is 284 g/mol. The van der Waals surface area contributed by atoms with Gasteiger partial charge in [0, 0.05) is 5.56 Å². The van der Waals surface area contributed by atoms with E-state index >= 15 is 0 Å². The summed E-state index contributed by atoms with van der Waals surface area (Å²) >= 11 is 0. The van der Waals surface area contributed by atoms with Gasteiger partial charge in [-0.15, -0.1) is 0 Å². The molecule has 0 saturated carbocycles. The molecule has 0 saturated heterocycles. The lowest BCUT2D eigenvalue weighted by molar-refractivity contribution is -0.122. The number of carbonyl (C=O) groups excluding carboxylic acids is 2. The molecular formula is C11H16N4O4S. The monoisotopic (exact) mass is 300 g/mol. The molecule has 0 spiro atoms. The molecule has 0 heterocycles. The summed E-state index contributed by atoms with van der Waals surface area (Å²) in [5.41, 5.74) is 14.2. The number of nitrogens with one attached hydrogen (secondary N) is 1. The molecule has 7 N–H and O–H groups in total. The molecule has 1 aromatic carbocycles. The second-order valence-electron chi connectivity index (χ2n) is 4.71. The van der Waals surface area contributed by atoms with Gasteiger partial charge in [-0.05, 0) is 32.0 Å². The molecule has 1 aromatic rings. The van der Waals surface area contributed by atoms with Gasteiger partial charge in [-0.2, -0.15) is 4.72 Å². The summed E-state index contributed by atoms with van der Waals surface area (Å²) in [6.45, 7) is 2.64. The van der Waals surface area contributed by atoms with Crippen molar-refractivity contribution in [3.05, 3.63) is 23.8 Å². The van der Waals surface area contributed by atoms with Crippen LogP contribution in [0.3, 0.4) is 0 Å². The van der Waals surface area contributed by atoms with Crippen molar-refractivity contribution in [3.63, 3.8) is 0 Å². The molecule has 0 fully saturated rings. The van der Waals surface area contributed by atoms with E-state index in [9.17, 15) is 18.0 Å². The number of sulfonamides is 1. The Kier molecular flexibility index (Phi) is 4.06. The van der Waals surface area contributed by atoms with Gasteiger partial charge in [0.25, 0.3) is 0 Å². The first-order chi connectivity index (χ1) is 8.97. The fraction of sp³-hybridized carbons (Fsp3) is 0.273. The average molecular weight is 300 g/mol. The Bertz CT molecular complexity index is 667. The minimum Gasteiger partial charge on any atom is -0.398 e. The number of carbonyl (C=O) groups is 2. The first-order valence-corrected chi connectivity index (χ1v) is 6.99. The van der Waals surface area contributed by atoms with E-state index in [2.05, 4.69) is 4.72 Å². The molecule has 8 nitrogen and oxygen atoms in total. The van der Waals surface area contributed by atoms with Crippen LogP contribution in [0.2, 0.25) is 0 Å². The lowest BCUT2D eigenvalue weighted by Gasteiger charge is -2.22. The van der Waals surface area contributed by atoms with E-state index in [1.54, 1.807) is 0 Å². The molecule has 0 atom stereocenters. The Hall–Kier alpha value is -2.13. The average Bonchev–Trinajstić information content (AvgIpc) is 2.26. The Labute approximate surface area is 116 Å². The largest absolute Gasteiger partial charge is 0.398 e. The lowest BCUT2D eigenvalue weighted by atomic mass is 10.1. The van der Waals surface area contributed by atoms with Gasteiger partial charge >= 0.3 is 0 Å². The van der Waals surface area contributed by atoms with Crippen molar-refractivity contribution in [2.45, 2.75) is 24.3 Å². The number of amides is 2. The minimum atomic E-state index is -4.06. The highest BCUT2D eigenvalue weighted by molar-refractivity contribution is 7.89. The van der Waals surface area contributed by atoms with Crippen LogP contribution in [0.4, 0.5) is 5.69 Å². The fourth-order valence-electron chi connectivity index (χ4n) is 1.39. The zero-order valence-corrected chi connectivity index (χ0v) is 11.8. The SMILES string of the molecule is CC(C)(NS(=O)(=O)c1ccc(C(N)=O)cc1N)C(N)=O. The molecule has 9 heteroatoms. The fourth-order valence-corrected chi connectivity index (χ4v) is 2.89. The van der Waals surface area contributed by atoms with Crippen molar-refractivity contribution in [1.82, 2.24) is 4.72 Å². The topological polar surface area (TPSA) is 158 Å². The summed E-state index contributed by atoms with van der Waals surface area (Å²) in [6.07, 6.45) is 0. The van der Waals surface area contributed by atoms with Crippen molar-refractivity contribution < 1.29 is 18.0 Å². The number of nitrogens with two attached hydrogens (primary N) is 3. The van der Waals surface area contributed by atoms with E-state index in [1.165, 1.54) is 19.9 Å². The molecule has 0 aliphatic carbocycles. The second kappa shape index (κ2) is 5.10. The number of anilines is 1. The van der Waals surface area contributed by atoms with Crippen LogP contribution in [0.1, 0.15) is 24.2 Å². The Morgan fingerprint density at radius 3 is 2.15 bits per heavy atom. The van der Waals surface area contributed by atoms with Crippen molar-refractivity contribution >= 4 is 27.5 Å². The molecule has 0 bridgehead atoms. The van der Waals surface area contributed by atoms with Crippen LogP contribution in [0.15, 0.2) is 23.1 Å². The highest BCUT2D eigenvalue weighted by Gasteiger charge is 2.32. The van der Waals surface area contributed by atoms with Crippen LogP contribution >= 0.6 is 0 Å². The third-order valence-electron chi connectivity index (χ3n) is 2.59. The summed E-state index contributed by atoms with van der Waals surface area (Å²) in [6, 6.07) is 3.51. The highest BCUT2D eigenvalue weighted by Crippen LogP contribution is 2.21. The van der Waals surface area contributed by atoms with Crippen LogP contribution < -0.4 is 21.9 Å². The van der Waals surface area contributed by atoms with Gasteiger partial charge in [0.2, 0.25) is 21.8 Å². The van der Waals surface area contributed by atoms with Gasteiger partial charge in [0.1, 0.15) is 10.4 Å². The number of rotatable bonds is 5.